The fourth-order valence-electron chi connectivity index (χ4n) is 2.43. The van der Waals surface area contributed by atoms with E-state index in [2.05, 4.69) is 19.8 Å². The second-order valence-corrected chi connectivity index (χ2v) is 7.41. The Bertz CT molecular complexity index is 972. The van der Waals surface area contributed by atoms with Crippen molar-refractivity contribution in [2.24, 2.45) is 7.05 Å². The van der Waals surface area contributed by atoms with Gasteiger partial charge in [0.1, 0.15) is 5.82 Å². The standard InChI is InChI=1S/C16H20N6O2S/c1-4-22-11-16(20-12(22)2)25(23,24)19-8-13-5-6-15(17-7-13)14-9-18-21(3)10-14/h5-7,9-11,19H,4,8H2,1-3H3. The van der Waals surface area contributed by atoms with Crippen molar-refractivity contribution in [1.29, 1.82) is 0 Å². The van der Waals surface area contributed by atoms with Crippen LogP contribution < -0.4 is 4.72 Å². The summed E-state index contributed by atoms with van der Waals surface area (Å²) in [5.41, 5.74) is 2.47. The minimum Gasteiger partial charge on any atom is -0.334 e. The van der Waals surface area contributed by atoms with Crippen molar-refractivity contribution in [1.82, 2.24) is 29.0 Å². The Morgan fingerprint density at radius 1 is 1.20 bits per heavy atom. The molecule has 0 saturated carbocycles. The van der Waals surface area contributed by atoms with Gasteiger partial charge in [-0.1, -0.05) is 6.07 Å². The predicted molar refractivity (Wildman–Crippen MR) is 93.1 cm³/mol. The molecule has 0 aliphatic heterocycles. The maximum Gasteiger partial charge on any atom is 0.259 e. The van der Waals surface area contributed by atoms with Gasteiger partial charge in [0.15, 0.2) is 5.03 Å². The van der Waals surface area contributed by atoms with Crippen LogP contribution in [0.2, 0.25) is 0 Å². The highest BCUT2D eigenvalue weighted by atomic mass is 32.2. The highest BCUT2D eigenvalue weighted by Crippen LogP contribution is 2.16. The van der Waals surface area contributed by atoms with Gasteiger partial charge in [0, 0.05) is 44.3 Å². The normalized spacial score (nSPS) is 11.8. The number of aromatic nitrogens is 5. The van der Waals surface area contributed by atoms with E-state index in [4.69, 9.17) is 0 Å². The van der Waals surface area contributed by atoms with Crippen LogP contribution in [0.5, 0.6) is 0 Å². The lowest BCUT2D eigenvalue weighted by Crippen LogP contribution is -2.23. The lowest BCUT2D eigenvalue weighted by Gasteiger charge is -2.05. The summed E-state index contributed by atoms with van der Waals surface area (Å²) in [6, 6.07) is 3.68. The van der Waals surface area contributed by atoms with Crippen molar-refractivity contribution in [2.75, 3.05) is 0 Å². The van der Waals surface area contributed by atoms with Crippen LogP contribution in [0.25, 0.3) is 11.3 Å². The number of imidazole rings is 1. The predicted octanol–water partition coefficient (Wildman–Crippen LogP) is 1.49. The lowest BCUT2D eigenvalue weighted by atomic mass is 10.2. The van der Waals surface area contributed by atoms with Crippen LogP contribution in [-0.2, 0) is 30.2 Å². The van der Waals surface area contributed by atoms with Crippen LogP contribution in [0, 0.1) is 6.92 Å². The van der Waals surface area contributed by atoms with E-state index >= 15 is 0 Å². The van der Waals surface area contributed by atoms with Crippen LogP contribution in [0.1, 0.15) is 18.3 Å². The van der Waals surface area contributed by atoms with Gasteiger partial charge in [-0.25, -0.2) is 18.1 Å². The maximum atomic E-state index is 12.4. The highest BCUT2D eigenvalue weighted by molar-refractivity contribution is 7.89. The average molecular weight is 360 g/mol. The van der Waals surface area contributed by atoms with Crippen molar-refractivity contribution in [2.45, 2.75) is 32.0 Å². The fourth-order valence-corrected chi connectivity index (χ4v) is 3.46. The molecule has 3 heterocycles. The first kappa shape index (κ1) is 17.3. The molecule has 0 saturated heterocycles. The summed E-state index contributed by atoms with van der Waals surface area (Å²) in [5, 5.41) is 4.14. The molecule has 0 unspecified atom stereocenters. The number of nitrogens with zero attached hydrogens (tertiary/aromatic N) is 5. The molecule has 132 valence electrons. The van der Waals surface area contributed by atoms with Gasteiger partial charge in [0.25, 0.3) is 10.0 Å². The third-order valence-electron chi connectivity index (χ3n) is 3.86. The van der Waals surface area contributed by atoms with Crippen LogP contribution >= 0.6 is 0 Å². The van der Waals surface area contributed by atoms with E-state index in [1.165, 1.54) is 0 Å². The average Bonchev–Trinajstić information content (AvgIpc) is 3.19. The van der Waals surface area contributed by atoms with E-state index in [-0.39, 0.29) is 11.6 Å². The van der Waals surface area contributed by atoms with Gasteiger partial charge >= 0.3 is 0 Å². The van der Waals surface area contributed by atoms with Gasteiger partial charge < -0.3 is 4.57 Å². The quantitative estimate of drug-likeness (QED) is 0.718. The molecule has 3 rings (SSSR count). The van der Waals surface area contributed by atoms with Gasteiger partial charge in [-0.2, -0.15) is 5.10 Å². The second-order valence-electron chi connectivity index (χ2n) is 5.69. The second kappa shape index (κ2) is 6.77. The van der Waals surface area contributed by atoms with Crippen molar-refractivity contribution in [3.63, 3.8) is 0 Å². The molecule has 0 amide bonds. The Morgan fingerprint density at radius 2 is 2.00 bits per heavy atom. The number of hydrogen-bond acceptors (Lipinski definition) is 5. The first-order valence-corrected chi connectivity index (χ1v) is 9.35. The Hall–Kier alpha value is -2.52. The molecule has 9 heteroatoms. The topological polar surface area (TPSA) is 94.7 Å². The molecular weight excluding hydrogens is 340 g/mol. The maximum absolute atomic E-state index is 12.4. The number of sulfonamides is 1. The number of nitrogens with one attached hydrogen (secondary N) is 1. The number of aryl methyl sites for hydroxylation is 3. The Labute approximate surface area is 146 Å². The molecule has 0 atom stereocenters. The molecule has 25 heavy (non-hydrogen) atoms. The van der Waals surface area contributed by atoms with E-state index in [0.29, 0.717) is 12.4 Å². The van der Waals surface area contributed by atoms with Crippen LogP contribution in [0.15, 0.2) is 41.9 Å². The van der Waals surface area contributed by atoms with Gasteiger partial charge in [0.2, 0.25) is 0 Å². The molecule has 1 N–H and O–H groups in total. The SMILES string of the molecule is CCn1cc(S(=O)(=O)NCc2ccc(-c3cnn(C)c3)nc2)nc1C. The fraction of sp³-hybridized carbons (Fsp3) is 0.312. The number of pyridine rings is 1. The molecule has 0 fully saturated rings. The summed E-state index contributed by atoms with van der Waals surface area (Å²) in [7, 11) is -1.81. The Kier molecular flexibility index (Phi) is 4.69. The summed E-state index contributed by atoms with van der Waals surface area (Å²) < 4.78 is 30.8. The van der Waals surface area contributed by atoms with E-state index < -0.39 is 10.0 Å². The molecule has 0 spiro atoms. The first-order valence-electron chi connectivity index (χ1n) is 7.86. The van der Waals surface area contributed by atoms with Crippen LogP contribution in [0.4, 0.5) is 0 Å². The molecule has 0 bridgehead atoms. The highest BCUT2D eigenvalue weighted by Gasteiger charge is 2.18. The molecule has 0 aromatic carbocycles. The van der Waals surface area contributed by atoms with Gasteiger partial charge in [-0.15, -0.1) is 0 Å². The lowest BCUT2D eigenvalue weighted by molar-refractivity contribution is 0.577. The van der Waals surface area contributed by atoms with E-state index in [1.807, 2.05) is 32.3 Å². The summed E-state index contributed by atoms with van der Waals surface area (Å²) in [5.74, 6) is 0.672. The summed E-state index contributed by atoms with van der Waals surface area (Å²) in [4.78, 5) is 8.47. The zero-order chi connectivity index (χ0) is 18.0. The van der Waals surface area contributed by atoms with Crippen molar-refractivity contribution >= 4 is 10.0 Å². The minimum atomic E-state index is -3.65. The monoisotopic (exact) mass is 360 g/mol. The van der Waals surface area contributed by atoms with Crippen molar-refractivity contribution < 1.29 is 8.42 Å². The first-order chi connectivity index (χ1) is 11.9. The van der Waals surface area contributed by atoms with Crippen LogP contribution in [-0.4, -0.2) is 32.7 Å². The van der Waals surface area contributed by atoms with Crippen LogP contribution in [0.3, 0.4) is 0 Å². The molecule has 3 aromatic rings. The van der Waals surface area contributed by atoms with Gasteiger partial charge in [0.05, 0.1) is 11.9 Å². The molecule has 0 aliphatic rings. The number of hydrogen-bond donors (Lipinski definition) is 1. The number of rotatable bonds is 6. The molecule has 3 aromatic heterocycles. The molecule has 0 radical (unpaired) electrons. The molecule has 8 nitrogen and oxygen atoms in total. The summed E-state index contributed by atoms with van der Waals surface area (Å²) in [6.07, 6.45) is 6.80. The molecular formula is C16H20N6O2S. The smallest absolute Gasteiger partial charge is 0.259 e. The third kappa shape index (κ3) is 3.77. The summed E-state index contributed by atoms with van der Waals surface area (Å²) in [6.45, 7) is 4.55. The third-order valence-corrected chi connectivity index (χ3v) is 5.13. The summed E-state index contributed by atoms with van der Waals surface area (Å²) >= 11 is 0. The van der Waals surface area contributed by atoms with Crippen molar-refractivity contribution in [3.05, 3.63) is 48.3 Å². The Morgan fingerprint density at radius 3 is 2.56 bits per heavy atom. The van der Waals surface area contributed by atoms with Crippen molar-refractivity contribution in [3.8, 4) is 11.3 Å². The molecule has 0 aliphatic carbocycles. The Balaban J connectivity index is 1.70. The van der Waals surface area contributed by atoms with E-state index in [1.54, 1.807) is 34.8 Å². The van der Waals surface area contributed by atoms with Gasteiger partial charge in [-0.05, 0) is 25.5 Å². The van der Waals surface area contributed by atoms with E-state index in [9.17, 15) is 8.42 Å². The van der Waals surface area contributed by atoms with E-state index in [0.717, 1.165) is 16.8 Å². The zero-order valence-corrected chi connectivity index (χ0v) is 15.2. The minimum absolute atomic E-state index is 0.0341. The van der Waals surface area contributed by atoms with Gasteiger partial charge in [-0.3, -0.25) is 9.67 Å². The largest absolute Gasteiger partial charge is 0.334 e. The zero-order valence-electron chi connectivity index (χ0n) is 14.3.